The van der Waals surface area contributed by atoms with Crippen molar-refractivity contribution in [2.45, 2.75) is 23.2 Å². The van der Waals surface area contributed by atoms with Gasteiger partial charge in [-0.15, -0.1) is 11.3 Å². The second kappa shape index (κ2) is 7.60. The number of aromatic nitrogens is 1. The number of likely N-dealkylation sites (tertiary alicyclic amines) is 1. The Balaban J connectivity index is 1.31. The molecular weight excluding hydrogens is 432 g/mol. The minimum atomic E-state index is -3.77. The predicted octanol–water partition coefficient (Wildman–Crippen LogP) is 3.11. The van der Waals surface area contributed by atoms with Crippen LogP contribution in [0.3, 0.4) is 0 Å². The van der Waals surface area contributed by atoms with Gasteiger partial charge in [0.15, 0.2) is 0 Å². The van der Waals surface area contributed by atoms with Crippen LogP contribution in [-0.4, -0.2) is 36.8 Å². The van der Waals surface area contributed by atoms with Gasteiger partial charge in [-0.2, -0.15) is 4.72 Å². The van der Waals surface area contributed by atoms with Crippen LogP contribution in [0.4, 0.5) is 5.82 Å². The maximum atomic E-state index is 12.9. The number of nitrogens with one attached hydrogen (secondary N) is 1. The number of sulfonamides is 1. The van der Waals surface area contributed by atoms with Crippen molar-refractivity contribution in [3.8, 4) is 0 Å². The zero-order valence-corrected chi connectivity index (χ0v) is 18.1. The van der Waals surface area contributed by atoms with E-state index < -0.39 is 16.1 Å². The second-order valence-electron chi connectivity index (χ2n) is 7.59. The number of hydrogen-bond acceptors (Lipinski definition) is 6. The third-order valence-electron chi connectivity index (χ3n) is 5.41. The van der Waals surface area contributed by atoms with E-state index >= 15 is 0 Å². The van der Waals surface area contributed by atoms with Gasteiger partial charge in [-0.1, -0.05) is 30.3 Å². The van der Waals surface area contributed by atoms with Gasteiger partial charge in [0, 0.05) is 23.2 Å². The molecule has 0 aliphatic carbocycles. The van der Waals surface area contributed by atoms with E-state index in [1.54, 1.807) is 17.0 Å². The third-order valence-corrected chi connectivity index (χ3v) is 8.48. The molecule has 1 saturated heterocycles. The summed E-state index contributed by atoms with van der Waals surface area (Å²) < 4.78 is 29.4. The Morgan fingerprint density at radius 3 is 2.74 bits per heavy atom. The molecule has 3 heterocycles. The summed E-state index contributed by atoms with van der Waals surface area (Å²) in [6.45, 7) is 0.882. The van der Waals surface area contributed by atoms with E-state index in [2.05, 4.69) is 9.71 Å². The minimum absolute atomic E-state index is 0.217. The molecule has 5 rings (SSSR count). The molecule has 2 aromatic heterocycles. The third kappa shape index (κ3) is 3.87. The fourth-order valence-electron chi connectivity index (χ4n) is 3.84. The lowest BCUT2D eigenvalue weighted by Crippen LogP contribution is -2.41. The molecule has 158 valence electrons. The van der Waals surface area contributed by atoms with Gasteiger partial charge in [0.25, 0.3) is 10.0 Å². The van der Waals surface area contributed by atoms with E-state index in [0.29, 0.717) is 25.3 Å². The minimum Gasteiger partial charge on any atom is -0.384 e. The summed E-state index contributed by atoms with van der Waals surface area (Å²) in [5.41, 5.74) is 7.46. The molecule has 2 aromatic carbocycles. The standard InChI is InChI=1S/C22H20N4O3S2/c23-20-8-7-15-6-5-14(11-18(15)24-20)13-26-10-9-17(22(26)27)25-31(28,29)21-12-16-3-1-2-4-19(16)30-21/h1-8,11-12,17,25H,9-10,13H2,(H2,23,24)/t17-/m0/s1. The summed E-state index contributed by atoms with van der Waals surface area (Å²) >= 11 is 1.20. The number of amides is 1. The molecule has 1 atom stereocenters. The van der Waals surface area contributed by atoms with E-state index in [-0.39, 0.29) is 10.1 Å². The van der Waals surface area contributed by atoms with Crippen molar-refractivity contribution < 1.29 is 13.2 Å². The molecule has 1 amide bonds. The number of rotatable bonds is 5. The number of anilines is 1. The molecule has 7 nitrogen and oxygen atoms in total. The van der Waals surface area contributed by atoms with Crippen molar-refractivity contribution in [1.82, 2.24) is 14.6 Å². The van der Waals surface area contributed by atoms with E-state index in [0.717, 1.165) is 26.6 Å². The Labute approximate surface area is 183 Å². The molecule has 0 bridgehead atoms. The van der Waals surface area contributed by atoms with Crippen LogP contribution in [0.25, 0.3) is 21.0 Å². The number of hydrogen-bond donors (Lipinski definition) is 2. The molecule has 0 radical (unpaired) electrons. The van der Waals surface area contributed by atoms with Crippen molar-refractivity contribution in [1.29, 1.82) is 0 Å². The molecule has 1 aliphatic rings. The van der Waals surface area contributed by atoms with Crippen molar-refractivity contribution in [2.24, 2.45) is 0 Å². The van der Waals surface area contributed by atoms with E-state index in [9.17, 15) is 13.2 Å². The van der Waals surface area contributed by atoms with Crippen LogP contribution in [-0.2, 0) is 21.4 Å². The lowest BCUT2D eigenvalue weighted by Gasteiger charge is -2.17. The zero-order valence-electron chi connectivity index (χ0n) is 16.5. The molecular formula is C22H20N4O3S2. The van der Waals surface area contributed by atoms with Crippen molar-refractivity contribution in [3.63, 3.8) is 0 Å². The zero-order chi connectivity index (χ0) is 21.6. The molecule has 0 spiro atoms. The van der Waals surface area contributed by atoms with E-state index in [4.69, 9.17) is 5.73 Å². The Hall–Kier alpha value is -3.01. The first-order valence-corrected chi connectivity index (χ1v) is 12.1. The second-order valence-corrected chi connectivity index (χ2v) is 10.6. The van der Waals surface area contributed by atoms with Crippen molar-refractivity contribution >= 4 is 54.1 Å². The SMILES string of the molecule is Nc1ccc2ccc(CN3CC[C@H](NS(=O)(=O)c4cc5ccccc5s4)C3=O)cc2n1. The molecule has 9 heteroatoms. The smallest absolute Gasteiger partial charge is 0.250 e. The summed E-state index contributed by atoms with van der Waals surface area (Å²) in [6, 6.07) is 17.8. The fourth-order valence-corrected chi connectivity index (χ4v) is 6.48. The maximum Gasteiger partial charge on any atom is 0.250 e. The van der Waals surface area contributed by atoms with Gasteiger partial charge in [-0.25, -0.2) is 13.4 Å². The number of pyridine rings is 1. The largest absolute Gasteiger partial charge is 0.384 e. The molecule has 1 fully saturated rings. The molecule has 0 unspecified atom stereocenters. The lowest BCUT2D eigenvalue weighted by molar-refractivity contribution is -0.129. The van der Waals surface area contributed by atoms with Gasteiger partial charge >= 0.3 is 0 Å². The number of fused-ring (bicyclic) bond motifs is 2. The molecule has 1 aliphatic heterocycles. The monoisotopic (exact) mass is 452 g/mol. The van der Waals surface area contributed by atoms with Gasteiger partial charge in [-0.05, 0) is 47.7 Å². The van der Waals surface area contributed by atoms with Gasteiger partial charge < -0.3 is 10.6 Å². The number of thiophene rings is 1. The number of nitrogens with zero attached hydrogens (tertiary/aromatic N) is 2. The Morgan fingerprint density at radius 1 is 1.10 bits per heavy atom. The van der Waals surface area contributed by atoms with Crippen molar-refractivity contribution in [2.75, 3.05) is 12.3 Å². The number of carbonyl (C=O) groups excluding carboxylic acids is 1. The van der Waals surface area contributed by atoms with Crippen LogP contribution in [0.5, 0.6) is 0 Å². The quantitative estimate of drug-likeness (QED) is 0.484. The first-order chi connectivity index (χ1) is 14.9. The predicted molar refractivity (Wildman–Crippen MR) is 122 cm³/mol. The summed E-state index contributed by atoms with van der Waals surface area (Å²) in [6.07, 6.45) is 0.432. The molecule has 3 N–H and O–H groups in total. The summed E-state index contributed by atoms with van der Waals surface area (Å²) in [7, 11) is -3.77. The Bertz CT molecular complexity index is 1380. The molecule has 4 aromatic rings. The maximum absolute atomic E-state index is 12.9. The van der Waals surface area contributed by atoms with Crippen LogP contribution in [0.15, 0.2) is 64.9 Å². The first kappa shape index (κ1) is 19.9. The van der Waals surface area contributed by atoms with Gasteiger partial charge in [-0.3, -0.25) is 4.79 Å². The molecule has 31 heavy (non-hydrogen) atoms. The fraction of sp³-hybridized carbons (Fsp3) is 0.182. The Kier molecular flexibility index (Phi) is 4.88. The Morgan fingerprint density at radius 2 is 1.90 bits per heavy atom. The summed E-state index contributed by atoms with van der Waals surface area (Å²) in [5.74, 6) is 0.225. The average molecular weight is 453 g/mol. The molecule has 0 saturated carbocycles. The highest BCUT2D eigenvalue weighted by atomic mass is 32.2. The van der Waals surface area contributed by atoms with Crippen LogP contribution in [0.2, 0.25) is 0 Å². The van der Waals surface area contributed by atoms with Gasteiger partial charge in [0.2, 0.25) is 5.91 Å². The highest BCUT2D eigenvalue weighted by molar-refractivity contribution is 7.91. The summed E-state index contributed by atoms with van der Waals surface area (Å²) in [5, 5.41) is 1.84. The first-order valence-electron chi connectivity index (χ1n) is 9.84. The van der Waals surface area contributed by atoms with E-state index in [1.807, 2.05) is 48.5 Å². The van der Waals surface area contributed by atoms with Crippen LogP contribution >= 0.6 is 11.3 Å². The highest BCUT2D eigenvalue weighted by Crippen LogP contribution is 2.29. The normalized spacial score (nSPS) is 17.1. The number of nitrogens with two attached hydrogens (primary N) is 1. The van der Waals surface area contributed by atoms with Crippen LogP contribution < -0.4 is 10.5 Å². The lowest BCUT2D eigenvalue weighted by atomic mass is 10.1. The van der Waals surface area contributed by atoms with E-state index in [1.165, 1.54) is 11.3 Å². The summed E-state index contributed by atoms with van der Waals surface area (Å²) in [4.78, 5) is 18.9. The van der Waals surface area contributed by atoms with Crippen LogP contribution in [0.1, 0.15) is 12.0 Å². The number of nitrogen functional groups attached to an aromatic ring is 1. The van der Waals surface area contributed by atoms with Crippen LogP contribution in [0, 0.1) is 0 Å². The van der Waals surface area contributed by atoms with Gasteiger partial charge in [0.05, 0.1) is 5.52 Å². The van der Waals surface area contributed by atoms with Crippen molar-refractivity contribution in [3.05, 3.63) is 66.2 Å². The topological polar surface area (TPSA) is 105 Å². The number of benzene rings is 2. The van der Waals surface area contributed by atoms with Gasteiger partial charge in [0.1, 0.15) is 16.1 Å². The number of carbonyl (C=O) groups is 1. The highest BCUT2D eigenvalue weighted by Gasteiger charge is 2.35. The average Bonchev–Trinajstić information content (AvgIpc) is 3.33.